The van der Waals surface area contributed by atoms with Gasteiger partial charge < -0.3 is 10.1 Å². The highest BCUT2D eigenvalue weighted by Crippen LogP contribution is 2.29. The van der Waals surface area contributed by atoms with Crippen molar-refractivity contribution < 1.29 is 4.74 Å². The molecule has 1 saturated heterocycles. The largest absolute Gasteiger partial charge is 0.381 e. The van der Waals surface area contributed by atoms with Gasteiger partial charge in [0.05, 0.1) is 16.8 Å². The van der Waals surface area contributed by atoms with Crippen molar-refractivity contribution >= 4 is 21.7 Å². The van der Waals surface area contributed by atoms with E-state index in [2.05, 4.69) is 38.1 Å². The summed E-state index contributed by atoms with van der Waals surface area (Å²) in [5.74, 6) is 2.13. The lowest BCUT2D eigenvalue weighted by Gasteiger charge is -2.22. The summed E-state index contributed by atoms with van der Waals surface area (Å²) < 4.78 is 6.48. The number of rotatable bonds is 3. The number of ether oxygens (including phenoxy) is 1. The molecule has 0 aromatic carbocycles. The van der Waals surface area contributed by atoms with Gasteiger partial charge in [-0.05, 0) is 35.2 Å². The van der Waals surface area contributed by atoms with Crippen molar-refractivity contribution in [1.29, 1.82) is 0 Å². The molecule has 1 aliphatic rings. The highest BCUT2D eigenvalue weighted by Gasteiger charge is 2.21. The molecule has 1 aromatic rings. The predicted octanol–water partition coefficient (Wildman–Crippen LogP) is 2.74. The van der Waals surface area contributed by atoms with Crippen LogP contribution < -0.4 is 5.32 Å². The molecule has 0 amide bonds. The van der Waals surface area contributed by atoms with Gasteiger partial charge in [0.15, 0.2) is 0 Å². The third kappa shape index (κ3) is 2.77. The van der Waals surface area contributed by atoms with Gasteiger partial charge in [0.25, 0.3) is 0 Å². The zero-order valence-electron chi connectivity index (χ0n) is 10.3. The van der Waals surface area contributed by atoms with Crippen LogP contribution in [0.15, 0.2) is 4.47 Å². The minimum atomic E-state index is 0.342. The molecule has 0 spiro atoms. The SMILES string of the molecule is CCc1nc(C2CCCOC2)nc(NC)c1Br. The maximum absolute atomic E-state index is 5.50. The molecule has 1 fully saturated rings. The van der Waals surface area contributed by atoms with Gasteiger partial charge >= 0.3 is 0 Å². The summed E-state index contributed by atoms with van der Waals surface area (Å²) in [6, 6.07) is 0. The Morgan fingerprint density at radius 2 is 2.29 bits per heavy atom. The lowest BCUT2D eigenvalue weighted by atomic mass is 10.0. The second-order valence-corrected chi connectivity index (χ2v) is 5.00. The summed E-state index contributed by atoms with van der Waals surface area (Å²) in [4.78, 5) is 9.22. The number of nitrogens with zero attached hydrogens (tertiary/aromatic N) is 2. The zero-order valence-corrected chi connectivity index (χ0v) is 11.9. The highest BCUT2D eigenvalue weighted by molar-refractivity contribution is 9.10. The van der Waals surface area contributed by atoms with E-state index in [4.69, 9.17) is 4.74 Å². The lowest BCUT2D eigenvalue weighted by molar-refractivity contribution is 0.0780. The van der Waals surface area contributed by atoms with Crippen molar-refractivity contribution in [3.05, 3.63) is 16.0 Å². The molecule has 0 bridgehead atoms. The van der Waals surface area contributed by atoms with E-state index < -0.39 is 0 Å². The number of halogens is 1. The molecule has 1 unspecified atom stereocenters. The minimum Gasteiger partial charge on any atom is -0.381 e. The van der Waals surface area contributed by atoms with Crippen LogP contribution in [0.4, 0.5) is 5.82 Å². The maximum atomic E-state index is 5.50. The van der Waals surface area contributed by atoms with Gasteiger partial charge in [-0.1, -0.05) is 6.92 Å². The van der Waals surface area contributed by atoms with Crippen LogP contribution in [-0.2, 0) is 11.2 Å². The van der Waals surface area contributed by atoms with E-state index in [0.29, 0.717) is 5.92 Å². The number of hydrogen-bond acceptors (Lipinski definition) is 4. The predicted molar refractivity (Wildman–Crippen MR) is 71.5 cm³/mol. The van der Waals surface area contributed by atoms with Crippen molar-refractivity contribution in [1.82, 2.24) is 9.97 Å². The summed E-state index contributed by atoms with van der Waals surface area (Å²) >= 11 is 3.54. The van der Waals surface area contributed by atoms with Crippen molar-refractivity contribution in [2.24, 2.45) is 0 Å². The molecule has 2 rings (SSSR count). The molecule has 94 valence electrons. The van der Waals surface area contributed by atoms with Crippen LogP contribution >= 0.6 is 15.9 Å². The van der Waals surface area contributed by atoms with Crippen molar-refractivity contribution in [2.75, 3.05) is 25.6 Å². The van der Waals surface area contributed by atoms with Gasteiger partial charge in [-0.3, -0.25) is 0 Å². The number of aryl methyl sites for hydroxylation is 1. The topological polar surface area (TPSA) is 47.0 Å². The van der Waals surface area contributed by atoms with Crippen LogP contribution in [0.25, 0.3) is 0 Å². The Kier molecular flexibility index (Phi) is 4.34. The standard InChI is InChI=1S/C12H18BrN3O/c1-3-9-10(13)12(14-2)16-11(15-9)8-5-4-6-17-7-8/h8H,3-7H2,1-2H3,(H,14,15,16). The average Bonchev–Trinajstić information content (AvgIpc) is 2.40. The van der Waals surface area contributed by atoms with Crippen LogP contribution in [0.2, 0.25) is 0 Å². The molecule has 2 heterocycles. The van der Waals surface area contributed by atoms with E-state index in [-0.39, 0.29) is 0 Å². The van der Waals surface area contributed by atoms with Crippen LogP contribution in [0.3, 0.4) is 0 Å². The molecule has 1 aromatic heterocycles. The number of hydrogen-bond donors (Lipinski definition) is 1. The molecule has 17 heavy (non-hydrogen) atoms. The summed E-state index contributed by atoms with van der Waals surface area (Å²) in [5, 5.41) is 3.11. The first-order chi connectivity index (χ1) is 8.26. The van der Waals surface area contributed by atoms with Crippen molar-refractivity contribution in [2.45, 2.75) is 32.1 Å². The molecule has 1 atom stereocenters. The van der Waals surface area contributed by atoms with E-state index in [1.807, 2.05) is 7.05 Å². The first kappa shape index (κ1) is 12.8. The monoisotopic (exact) mass is 299 g/mol. The summed E-state index contributed by atoms with van der Waals surface area (Å²) in [5.41, 5.74) is 1.06. The quantitative estimate of drug-likeness (QED) is 0.932. The second kappa shape index (κ2) is 5.78. The normalized spacial score (nSPS) is 20.3. The fourth-order valence-electron chi connectivity index (χ4n) is 2.04. The summed E-state index contributed by atoms with van der Waals surface area (Å²) in [7, 11) is 1.88. The van der Waals surface area contributed by atoms with Crippen LogP contribution in [0.5, 0.6) is 0 Å². The molecule has 1 N–H and O–H groups in total. The Morgan fingerprint density at radius 1 is 1.47 bits per heavy atom. The number of anilines is 1. The summed E-state index contributed by atoms with van der Waals surface area (Å²) in [6.45, 7) is 3.72. The van der Waals surface area contributed by atoms with Gasteiger partial charge in [0.2, 0.25) is 0 Å². The van der Waals surface area contributed by atoms with E-state index >= 15 is 0 Å². The lowest BCUT2D eigenvalue weighted by Crippen LogP contribution is -2.19. The molecule has 0 aliphatic carbocycles. The Bertz CT molecular complexity index is 366. The van der Waals surface area contributed by atoms with Gasteiger partial charge in [-0.15, -0.1) is 0 Å². The first-order valence-corrected chi connectivity index (χ1v) is 6.87. The van der Waals surface area contributed by atoms with Gasteiger partial charge in [0, 0.05) is 19.6 Å². The summed E-state index contributed by atoms with van der Waals surface area (Å²) in [6.07, 6.45) is 3.12. The molecular weight excluding hydrogens is 282 g/mol. The fourth-order valence-corrected chi connectivity index (χ4v) is 2.70. The molecule has 0 radical (unpaired) electrons. The molecule has 1 aliphatic heterocycles. The van der Waals surface area contributed by atoms with Crippen molar-refractivity contribution in [3.63, 3.8) is 0 Å². The van der Waals surface area contributed by atoms with Crippen LogP contribution in [0, 0.1) is 0 Å². The third-order valence-electron chi connectivity index (χ3n) is 3.03. The average molecular weight is 300 g/mol. The van der Waals surface area contributed by atoms with E-state index in [1.165, 1.54) is 0 Å². The molecule has 5 heteroatoms. The molecular formula is C12H18BrN3O. The van der Waals surface area contributed by atoms with Gasteiger partial charge in [0.1, 0.15) is 11.6 Å². The molecule has 0 saturated carbocycles. The Hall–Kier alpha value is -0.680. The number of aromatic nitrogens is 2. The smallest absolute Gasteiger partial charge is 0.144 e. The first-order valence-electron chi connectivity index (χ1n) is 6.08. The highest BCUT2D eigenvalue weighted by atomic mass is 79.9. The Balaban J connectivity index is 2.33. The van der Waals surface area contributed by atoms with E-state index in [0.717, 1.165) is 54.3 Å². The van der Waals surface area contributed by atoms with Crippen LogP contribution in [-0.4, -0.2) is 30.2 Å². The van der Waals surface area contributed by atoms with E-state index in [1.54, 1.807) is 0 Å². The second-order valence-electron chi connectivity index (χ2n) is 4.21. The van der Waals surface area contributed by atoms with Crippen molar-refractivity contribution in [3.8, 4) is 0 Å². The van der Waals surface area contributed by atoms with Gasteiger partial charge in [-0.25, -0.2) is 9.97 Å². The van der Waals surface area contributed by atoms with E-state index in [9.17, 15) is 0 Å². The fraction of sp³-hybridized carbons (Fsp3) is 0.667. The zero-order chi connectivity index (χ0) is 12.3. The van der Waals surface area contributed by atoms with Crippen LogP contribution in [0.1, 0.15) is 37.2 Å². The Labute approximate surface area is 110 Å². The Morgan fingerprint density at radius 3 is 2.88 bits per heavy atom. The third-order valence-corrected chi connectivity index (χ3v) is 3.87. The maximum Gasteiger partial charge on any atom is 0.144 e. The minimum absolute atomic E-state index is 0.342. The molecule has 4 nitrogen and oxygen atoms in total. The van der Waals surface area contributed by atoms with Gasteiger partial charge in [-0.2, -0.15) is 0 Å². The number of nitrogens with one attached hydrogen (secondary N) is 1.